The minimum Gasteiger partial charge on any atom is -0.497 e. The lowest BCUT2D eigenvalue weighted by molar-refractivity contribution is 0.415. The molecule has 1 aromatic carbocycles. The van der Waals surface area contributed by atoms with Crippen molar-refractivity contribution < 1.29 is 4.74 Å². The molecule has 0 saturated carbocycles. The molecule has 0 atom stereocenters. The number of nitrogen functional groups attached to an aromatic ring is 1. The van der Waals surface area contributed by atoms with Crippen LogP contribution in [-0.2, 0) is 0 Å². The molecule has 3 heterocycles. The Morgan fingerprint density at radius 3 is 2.62 bits per heavy atom. The van der Waals surface area contributed by atoms with Crippen LogP contribution in [0.3, 0.4) is 0 Å². The monoisotopic (exact) mass is 334 g/mol. The summed E-state index contributed by atoms with van der Waals surface area (Å²) in [7, 11) is 1.65. The Bertz CT molecular complexity index is 998. The molecule has 0 radical (unpaired) electrons. The Morgan fingerprint density at radius 2 is 1.92 bits per heavy atom. The van der Waals surface area contributed by atoms with Gasteiger partial charge in [-0.25, -0.2) is 15.0 Å². The van der Waals surface area contributed by atoms with E-state index in [0.29, 0.717) is 11.5 Å². The first-order chi connectivity index (χ1) is 11.8. The lowest BCUT2D eigenvalue weighted by Gasteiger charge is -2.10. The van der Waals surface area contributed by atoms with Crippen LogP contribution in [-0.4, -0.2) is 22.1 Å². The number of fused-ring (bicyclic) bond motifs is 1. The van der Waals surface area contributed by atoms with Crippen molar-refractivity contribution in [3.8, 4) is 27.4 Å². The smallest absolute Gasteiger partial charge is 0.165 e. The number of nitrogens with zero attached hydrogens (tertiary/aromatic N) is 3. The van der Waals surface area contributed by atoms with E-state index in [1.54, 1.807) is 18.4 Å². The molecule has 0 saturated heterocycles. The van der Waals surface area contributed by atoms with Crippen LogP contribution in [0.2, 0.25) is 0 Å². The Morgan fingerprint density at radius 1 is 1.08 bits per heavy atom. The van der Waals surface area contributed by atoms with E-state index in [1.807, 2.05) is 41.8 Å². The highest BCUT2D eigenvalue weighted by Gasteiger charge is 2.14. The van der Waals surface area contributed by atoms with Crippen LogP contribution in [0.4, 0.5) is 5.82 Å². The Labute approximate surface area is 142 Å². The third-order valence-corrected chi connectivity index (χ3v) is 4.71. The molecule has 4 rings (SSSR count). The van der Waals surface area contributed by atoms with Gasteiger partial charge in [-0.1, -0.05) is 6.07 Å². The van der Waals surface area contributed by atoms with E-state index in [4.69, 9.17) is 15.5 Å². The Kier molecular flexibility index (Phi) is 3.59. The zero-order chi connectivity index (χ0) is 16.5. The number of methoxy groups -OCH3 is 1. The van der Waals surface area contributed by atoms with Gasteiger partial charge < -0.3 is 10.5 Å². The number of pyridine rings is 1. The summed E-state index contributed by atoms with van der Waals surface area (Å²) < 4.78 is 5.24. The van der Waals surface area contributed by atoms with Gasteiger partial charge in [-0.3, -0.25) is 0 Å². The van der Waals surface area contributed by atoms with E-state index in [9.17, 15) is 0 Å². The number of rotatable bonds is 3. The molecular formula is C18H14N4OS. The van der Waals surface area contributed by atoms with Crippen LogP contribution in [0.1, 0.15) is 0 Å². The third-order valence-electron chi connectivity index (χ3n) is 3.81. The van der Waals surface area contributed by atoms with Gasteiger partial charge in [0.2, 0.25) is 0 Å². The van der Waals surface area contributed by atoms with Gasteiger partial charge in [-0.2, -0.15) is 0 Å². The molecule has 0 bridgehead atoms. The fourth-order valence-corrected chi connectivity index (χ4v) is 3.34. The molecule has 2 N–H and O–H groups in total. The molecule has 24 heavy (non-hydrogen) atoms. The highest BCUT2D eigenvalue weighted by molar-refractivity contribution is 7.13. The summed E-state index contributed by atoms with van der Waals surface area (Å²) in [5, 5.41) is 2.81. The fraction of sp³-hybridized carbons (Fsp3) is 0.0556. The first-order valence-electron chi connectivity index (χ1n) is 7.36. The van der Waals surface area contributed by atoms with Crippen LogP contribution >= 0.6 is 11.3 Å². The standard InChI is InChI=1S/C18H14N4OS/c1-23-12-6-4-11(5-7-12)16-13(15-3-2-8-24-15)9-14-17(19)20-10-21-18(14)22-16/h2-10H,1H3,(H2,19,20,21,22). The Hall–Kier alpha value is -2.99. The number of ether oxygens (including phenoxy) is 1. The van der Waals surface area contributed by atoms with Gasteiger partial charge in [0, 0.05) is 16.0 Å². The van der Waals surface area contributed by atoms with Crippen LogP contribution in [0.25, 0.3) is 32.7 Å². The summed E-state index contributed by atoms with van der Waals surface area (Å²) in [5.41, 5.74) is 9.47. The molecule has 3 aromatic heterocycles. The summed E-state index contributed by atoms with van der Waals surface area (Å²) in [5.74, 6) is 1.25. The highest BCUT2D eigenvalue weighted by Crippen LogP contribution is 2.36. The molecule has 0 aliphatic carbocycles. The van der Waals surface area contributed by atoms with Crippen molar-refractivity contribution >= 4 is 28.2 Å². The second-order valence-corrected chi connectivity index (χ2v) is 6.17. The van der Waals surface area contributed by atoms with Gasteiger partial charge in [0.05, 0.1) is 18.2 Å². The molecule has 5 nitrogen and oxygen atoms in total. The maximum absolute atomic E-state index is 6.00. The largest absolute Gasteiger partial charge is 0.497 e. The molecule has 0 aliphatic heterocycles. The van der Waals surface area contributed by atoms with Crippen molar-refractivity contribution in [1.29, 1.82) is 0 Å². The van der Waals surface area contributed by atoms with E-state index in [0.717, 1.165) is 32.8 Å². The molecule has 6 heteroatoms. The minimum atomic E-state index is 0.437. The maximum Gasteiger partial charge on any atom is 0.165 e. The normalized spacial score (nSPS) is 10.9. The second-order valence-electron chi connectivity index (χ2n) is 5.22. The summed E-state index contributed by atoms with van der Waals surface area (Å²) >= 11 is 1.66. The number of aromatic nitrogens is 3. The molecule has 0 fully saturated rings. The maximum atomic E-state index is 6.00. The first-order valence-corrected chi connectivity index (χ1v) is 8.24. The van der Waals surface area contributed by atoms with E-state index in [1.165, 1.54) is 6.33 Å². The van der Waals surface area contributed by atoms with E-state index < -0.39 is 0 Å². The van der Waals surface area contributed by atoms with Gasteiger partial charge in [0.1, 0.15) is 17.9 Å². The van der Waals surface area contributed by atoms with Crippen molar-refractivity contribution in [3.05, 3.63) is 54.2 Å². The highest BCUT2D eigenvalue weighted by atomic mass is 32.1. The predicted octanol–water partition coefficient (Wildman–Crippen LogP) is 4.01. The van der Waals surface area contributed by atoms with Crippen LogP contribution in [0, 0.1) is 0 Å². The van der Waals surface area contributed by atoms with Gasteiger partial charge in [-0.15, -0.1) is 11.3 Å². The molecule has 0 amide bonds. The zero-order valence-corrected chi connectivity index (χ0v) is 13.7. The molecule has 0 aliphatic rings. The predicted molar refractivity (Wildman–Crippen MR) is 97.0 cm³/mol. The van der Waals surface area contributed by atoms with E-state index in [-0.39, 0.29) is 0 Å². The molecular weight excluding hydrogens is 320 g/mol. The number of anilines is 1. The molecule has 118 valence electrons. The number of hydrogen-bond acceptors (Lipinski definition) is 6. The fourth-order valence-electron chi connectivity index (χ4n) is 2.59. The second kappa shape index (κ2) is 5.90. The van der Waals surface area contributed by atoms with E-state index in [2.05, 4.69) is 16.0 Å². The van der Waals surface area contributed by atoms with Crippen LogP contribution in [0.5, 0.6) is 5.75 Å². The van der Waals surface area contributed by atoms with Crippen molar-refractivity contribution in [2.75, 3.05) is 12.8 Å². The lowest BCUT2D eigenvalue weighted by Crippen LogP contribution is -1.97. The van der Waals surface area contributed by atoms with Gasteiger partial charge in [0.25, 0.3) is 0 Å². The van der Waals surface area contributed by atoms with E-state index >= 15 is 0 Å². The lowest BCUT2D eigenvalue weighted by atomic mass is 10.0. The number of thiophene rings is 1. The zero-order valence-electron chi connectivity index (χ0n) is 12.9. The number of hydrogen-bond donors (Lipinski definition) is 1. The van der Waals surface area contributed by atoms with Gasteiger partial charge >= 0.3 is 0 Å². The first kappa shape index (κ1) is 14.6. The third kappa shape index (κ3) is 2.47. The van der Waals surface area contributed by atoms with Crippen LogP contribution in [0.15, 0.2) is 54.2 Å². The number of nitrogens with two attached hydrogens (primary N) is 1. The van der Waals surface area contributed by atoms with Crippen molar-refractivity contribution in [2.24, 2.45) is 0 Å². The summed E-state index contributed by atoms with van der Waals surface area (Å²) in [6, 6.07) is 13.9. The average Bonchev–Trinajstić information content (AvgIpc) is 3.16. The minimum absolute atomic E-state index is 0.437. The molecule has 0 spiro atoms. The van der Waals surface area contributed by atoms with Gasteiger partial charge in [-0.05, 0) is 41.8 Å². The summed E-state index contributed by atoms with van der Waals surface area (Å²) in [6.45, 7) is 0. The molecule has 4 aromatic rings. The molecule has 0 unspecified atom stereocenters. The van der Waals surface area contributed by atoms with Crippen molar-refractivity contribution in [2.45, 2.75) is 0 Å². The van der Waals surface area contributed by atoms with Crippen LogP contribution < -0.4 is 10.5 Å². The average molecular weight is 334 g/mol. The van der Waals surface area contributed by atoms with Crippen molar-refractivity contribution in [3.63, 3.8) is 0 Å². The number of benzene rings is 1. The Balaban J connectivity index is 1.99. The van der Waals surface area contributed by atoms with Crippen molar-refractivity contribution in [1.82, 2.24) is 15.0 Å². The SMILES string of the molecule is COc1ccc(-c2nc3ncnc(N)c3cc2-c2cccs2)cc1. The topological polar surface area (TPSA) is 73.9 Å². The summed E-state index contributed by atoms with van der Waals surface area (Å²) in [4.78, 5) is 14.2. The van der Waals surface area contributed by atoms with Gasteiger partial charge in [0.15, 0.2) is 5.65 Å². The quantitative estimate of drug-likeness (QED) is 0.613. The summed E-state index contributed by atoms with van der Waals surface area (Å²) in [6.07, 6.45) is 1.44.